The van der Waals surface area contributed by atoms with Crippen LogP contribution in [0, 0.1) is 0 Å². The number of para-hydroxylation sites is 1. The molecule has 0 saturated carbocycles. The van der Waals surface area contributed by atoms with Gasteiger partial charge in [0.05, 0.1) is 0 Å². The second kappa shape index (κ2) is 8.45. The molecule has 2 aromatic rings. The Morgan fingerprint density at radius 1 is 1.17 bits per heavy atom. The Hall–Kier alpha value is -2.54. The average Bonchev–Trinajstić information content (AvgIpc) is 3.17. The fourth-order valence-electron chi connectivity index (χ4n) is 4.20. The number of benzene rings is 2. The maximum atomic E-state index is 11.7. The Bertz CT molecular complexity index is 916. The third-order valence-corrected chi connectivity index (χ3v) is 6.08. The summed E-state index contributed by atoms with van der Waals surface area (Å²) in [7, 11) is 0. The summed E-state index contributed by atoms with van der Waals surface area (Å²) in [4.78, 5) is 14.0. The first-order valence-corrected chi connectivity index (χ1v) is 11.2. The SMILES string of the molecule is CSC(=O)NCCN1Cc2ccccc2C2C(N=NN2C(C)C)c2ccccc21. The van der Waals surface area contributed by atoms with E-state index in [1.165, 1.54) is 34.1 Å². The van der Waals surface area contributed by atoms with E-state index in [2.05, 4.69) is 82.8 Å². The molecular formula is C22H27N5OS. The fourth-order valence-corrected chi connectivity index (χ4v) is 4.44. The quantitative estimate of drug-likeness (QED) is 0.776. The number of carbonyl (C=O) groups is 1. The first-order valence-electron chi connectivity index (χ1n) is 10.0. The molecule has 2 heterocycles. The van der Waals surface area contributed by atoms with Crippen molar-refractivity contribution >= 4 is 22.7 Å². The Morgan fingerprint density at radius 3 is 2.66 bits per heavy atom. The van der Waals surface area contributed by atoms with E-state index >= 15 is 0 Å². The van der Waals surface area contributed by atoms with E-state index in [9.17, 15) is 4.79 Å². The van der Waals surface area contributed by atoms with Gasteiger partial charge in [-0.2, -0.15) is 5.11 Å². The Labute approximate surface area is 176 Å². The molecule has 2 aromatic carbocycles. The molecule has 29 heavy (non-hydrogen) atoms. The number of thioether (sulfide) groups is 1. The molecule has 2 unspecified atom stereocenters. The molecule has 0 spiro atoms. The van der Waals surface area contributed by atoms with Crippen LogP contribution in [-0.4, -0.2) is 35.6 Å². The van der Waals surface area contributed by atoms with E-state index < -0.39 is 0 Å². The number of carbonyl (C=O) groups excluding carboxylic acids is 1. The summed E-state index contributed by atoms with van der Waals surface area (Å²) >= 11 is 1.21. The predicted octanol–water partition coefficient (Wildman–Crippen LogP) is 4.95. The molecule has 2 aliphatic heterocycles. The van der Waals surface area contributed by atoms with Crippen molar-refractivity contribution in [3.63, 3.8) is 0 Å². The smallest absolute Gasteiger partial charge is 0.278 e. The van der Waals surface area contributed by atoms with E-state index in [0.29, 0.717) is 6.54 Å². The lowest BCUT2D eigenvalue weighted by Gasteiger charge is -2.36. The number of hydrogen-bond acceptors (Lipinski definition) is 6. The van der Waals surface area contributed by atoms with Gasteiger partial charge in [-0.3, -0.25) is 9.80 Å². The first kappa shape index (κ1) is 19.8. The average molecular weight is 410 g/mol. The van der Waals surface area contributed by atoms with Crippen molar-refractivity contribution in [2.24, 2.45) is 10.3 Å². The maximum Gasteiger partial charge on any atom is 0.278 e. The highest BCUT2D eigenvalue weighted by Crippen LogP contribution is 2.48. The highest BCUT2D eigenvalue weighted by Gasteiger charge is 2.40. The van der Waals surface area contributed by atoms with Gasteiger partial charge >= 0.3 is 0 Å². The van der Waals surface area contributed by atoms with Crippen LogP contribution in [0.4, 0.5) is 10.5 Å². The highest BCUT2D eigenvalue weighted by atomic mass is 32.2. The van der Waals surface area contributed by atoms with Crippen LogP contribution in [0.2, 0.25) is 0 Å². The summed E-state index contributed by atoms with van der Waals surface area (Å²) in [6.07, 6.45) is 1.79. The summed E-state index contributed by atoms with van der Waals surface area (Å²) in [5.74, 6) is 0. The lowest BCUT2D eigenvalue weighted by atomic mass is 9.87. The van der Waals surface area contributed by atoms with Gasteiger partial charge in [0.1, 0.15) is 12.1 Å². The van der Waals surface area contributed by atoms with Crippen molar-refractivity contribution in [2.45, 2.75) is 38.5 Å². The van der Waals surface area contributed by atoms with Gasteiger partial charge in [0.25, 0.3) is 5.24 Å². The zero-order valence-electron chi connectivity index (χ0n) is 17.1. The Morgan fingerprint density at radius 2 is 1.90 bits per heavy atom. The fraction of sp³-hybridized carbons (Fsp3) is 0.409. The molecule has 7 heteroatoms. The number of fused-ring (bicyclic) bond motifs is 5. The molecule has 1 N–H and O–H groups in total. The number of amides is 1. The minimum atomic E-state index is -0.0432. The predicted molar refractivity (Wildman–Crippen MR) is 118 cm³/mol. The van der Waals surface area contributed by atoms with E-state index in [1.54, 1.807) is 6.26 Å². The van der Waals surface area contributed by atoms with Gasteiger partial charge in [0.15, 0.2) is 0 Å². The number of anilines is 1. The lowest BCUT2D eigenvalue weighted by molar-refractivity contribution is 0.173. The van der Waals surface area contributed by atoms with Crippen molar-refractivity contribution in [2.75, 3.05) is 24.2 Å². The monoisotopic (exact) mass is 409 g/mol. The third-order valence-electron chi connectivity index (χ3n) is 5.56. The lowest BCUT2D eigenvalue weighted by Crippen LogP contribution is -2.37. The summed E-state index contributed by atoms with van der Waals surface area (Å²) in [5.41, 5.74) is 4.92. The molecule has 0 bridgehead atoms. The molecule has 0 radical (unpaired) electrons. The number of rotatable bonds is 4. The molecule has 6 nitrogen and oxygen atoms in total. The summed E-state index contributed by atoms with van der Waals surface area (Å²) in [5, 5.41) is 14.4. The van der Waals surface area contributed by atoms with Crippen LogP contribution < -0.4 is 10.2 Å². The maximum absolute atomic E-state index is 11.7. The van der Waals surface area contributed by atoms with Crippen LogP contribution in [0.1, 0.15) is 42.6 Å². The summed E-state index contributed by atoms with van der Waals surface area (Å²) in [6, 6.07) is 17.4. The second-order valence-electron chi connectivity index (χ2n) is 7.67. The van der Waals surface area contributed by atoms with Gasteiger partial charge in [-0.1, -0.05) is 59.4 Å². The van der Waals surface area contributed by atoms with Crippen molar-refractivity contribution in [1.29, 1.82) is 0 Å². The van der Waals surface area contributed by atoms with Crippen LogP contribution in [0.25, 0.3) is 0 Å². The second-order valence-corrected chi connectivity index (χ2v) is 8.44. The minimum absolute atomic E-state index is 0.00274. The molecule has 0 fully saturated rings. The molecule has 0 saturated heterocycles. The topological polar surface area (TPSA) is 60.3 Å². The number of nitrogens with zero attached hydrogens (tertiary/aromatic N) is 4. The Balaban J connectivity index is 1.75. The van der Waals surface area contributed by atoms with Crippen LogP contribution in [0.3, 0.4) is 0 Å². The summed E-state index contributed by atoms with van der Waals surface area (Å²) in [6.45, 7) is 6.45. The van der Waals surface area contributed by atoms with Gasteiger partial charge in [-0.05, 0) is 37.3 Å². The largest absolute Gasteiger partial charge is 0.365 e. The number of nitrogens with one attached hydrogen (secondary N) is 1. The molecule has 0 aliphatic carbocycles. The van der Waals surface area contributed by atoms with Gasteiger partial charge in [0.2, 0.25) is 0 Å². The Kier molecular flexibility index (Phi) is 5.76. The molecule has 152 valence electrons. The van der Waals surface area contributed by atoms with Crippen molar-refractivity contribution in [3.05, 3.63) is 65.2 Å². The van der Waals surface area contributed by atoms with Crippen molar-refractivity contribution in [1.82, 2.24) is 10.3 Å². The molecule has 2 aliphatic rings. The highest BCUT2D eigenvalue weighted by molar-refractivity contribution is 8.12. The number of hydrogen-bond donors (Lipinski definition) is 1. The molecule has 0 aromatic heterocycles. The zero-order valence-corrected chi connectivity index (χ0v) is 17.9. The van der Waals surface area contributed by atoms with E-state index in [4.69, 9.17) is 5.11 Å². The van der Waals surface area contributed by atoms with E-state index in [0.717, 1.165) is 13.1 Å². The third kappa shape index (κ3) is 3.83. The van der Waals surface area contributed by atoms with Gasteiger partial charge in [0, 0.05) is 36.9 Å². The first-order chi connectivity index (χ1) is 14.1. The van der Waals surface area contributed by atoms with Crippen LogP contribution in [-0.2, 0) is 6.54 Å². The van der Waals surface area contributed by atoms with E-state index in [-0.39, 0.29) is 23.4 Å². The van der Waals surface area contributed by atoms with Crippen LogP contribution in [0.15, 0.2) is 58.9 Å². The van der Waals surface area contributed by atoms with Crippen molar-refractivity contribution < 1.29 is 4.79 Å². The molecule has 4 rings (SSSR count). The standard InChI is InChI=1S/C22H27N5OS/c1-15(2)27-21-17-9-5-4-8-16(17)14-26(13-12-23-22(28)29-3)19-11-7-6-10-18(19)20(21)24-25-27/h4-11,15,20-21H,12-14H2,1-3H3,(H,23,28). The molecular weight excluding hydrogens is 382 g/mol. The van der Waals surface area contributed by atoms with Gasteiger partial charge in [-0.15, -0.1) is 0 Å². The van der Waals surface area contributed by atoms with Gasteiger partial charge < -0.3 is 10.2 Å². The van der Waals surface area contributed by atoms with E-state index in [1.807, 2.05) is 0 Å². The van der Waals surface area contributed by atoms with Crippen LogP contribution >= 0.6 is 11.8 Å². The minimum Gasteiger partial charge on any atom is -0.365 e. The summed E-state index contributed by atoms with van der Waals surface area (Å²) < 4.78 is 0. The van der Waals surface area contributed by atoms with Crippen molar-refractivity contribution in [3.8, 4) is 0 Å². The van der Waals surface area contributed by atoms with Crippen LogP contribution in [0.5, 0.6) is 0 Å². The van der Waals surface area contributed by atoms with Gasteiger partial charge in [-0.25, -0.2) is 0 Å². The molecule has 2 atom stereocenters. The zero-order chi connectivity index (χ0) is 20.4. The molecule has 1 amide bonds. The normalized spacial score (nSPS) is 20.0.